The molecule has 0 atom stereocenters. The van der Waals surface area contributed by atoms with Gasteiger partial charge in [-0.15, -0.1) is 0 Å². The first kappa shape index (κ1) is 16.1. The van der Waals surface area contributed by atoms with Crippen LogP contribution in [0.3, 0.4) is 0 Å². The Hall–Kier alpha value is -2.32. The average Bonchev–Trinajstić information content (AvgIpc) is 2.46. The number of hydrogen-bond acceptors (Lipinski definition) is 3. The molecule has 2 rings (SSSR count). The Morgan fingerprint density at radius 1 is 1.09 bits per heavy atom. The number of rotatable bonds is 5. The number of halogens is 2. The van der Waals surface area contributed by atoms with Crippen molar-refractivity contribution in [2.45, 2.75) is 11.4 Å². The molecule has 0 saturated carbocycles. The molecule has 22 heavy (non-hydrogen) atoms. The zero-order valence-corrected chi connectivity index (χ0v) is 11.9. The van der Waals surface area contributed by atoms with E-state index in [2.05, 4.69) is 4.72 Å². The number of carbonyl (C=O) groups is 1. The zero-order chi connectivity index (χ0) is 16.3. The number of nitrogens with one attached hydrogen (secondary N) is 1. The molecule has 0 aliphatic heterocycles. The summed E-state index contributed by atoms with van der Waals surface area (Å²) in [6.07, 6.45) is 0. The summed E-state index contributed by atoms with van der Waals surface area (Å²) in [4.78, 5) is 10.1. The van der Waals surface area contributed by atoms with Crippen molar-refractivity contribution in [3.8, 4) is 0 Å². The SMILES string of the molecule is O=C(O)c1ccc(F)c(S(=O)(=O)NCc2ccc(F)cc2)c1. The van der Waals surface area contributed by atoms with Gasteiger partial charge in [0.1, 0.15) is 16.5 Å². The van der Waals surface area contributed by atoms with Crippen molar-refractivity contribution in [1.29, 1.82) is 0 Å². The predicted octanol–water partition coefficient (Wildman–Crippen LogP) is 2.14. The normalized spacial score (nSPS) is 11.4. The quantitative estimate of drug-likeness (QED) is 0.881. The van der Waals surface area contributed by atoms with Gasteiger partial charge >= 0.3 is 5.97 Å². The van der Waals surface area contributed by atoms with Gasteiger partial charge in [0.15, 0.2) is 0 Å². The molecule has 0 aliphatic rings. The van der Waals surface area contributed by atoms with Crippen LogP contribution in [0.4, 0.5) is 8.78 Å². The van der Waals surface area contributed by atoms with E-state index in [9.17, 15) is 22.0 Å². The number of sulfonamides is 1. The third-order valence-corrected chi connectivity index (χ3v) is 4.26. The molecule has 2 N–H and O–H groups in total. The minimum absolute atomic E-state index is 0.181. The van der Waals surface area contributed by atoms with E-state index in [1.165, 1.54) is 12.1 Å². The molecule has 0 bridgehead atoms. The molecule has 0 amide bonds. The molecule has 2 aromatic carbocycles. The summed E-state index contributed by atoms with van der Waals surface area (Å²) in [6.45, 7) is -0.181. The van der Waals surface area contributed by atoms with E-state index in [-0.39, 0.29) is 12.1 Å². The van der Waals surface area contributed by atoms with Crippen LogP contribution in [-0.2, 0) is 16.6 Å². The second-order valence-corrected chi connectivity index (χ2v) is 6.14. The van der Waals surface area contributed by atoms with E-state index in [1.807, 2.05) is 0 Å². The van der Waals surface area contributed by atoms with Crippen LogP contribution in [0.1, 0.15) is 15.9 Å². The third kappa shape index (κ3) is 3.66. The van der Waals surface area contributed by atoms with Crippen LogP contribution in [0.15, 0.2) is 47.4 Å². The lowest BCUT2D eigenvalue weighted by molar-refractivity contribution is 0.0696. The monoisotopic (exact) mass is 327 g/mol. The summed E-state index contributed by atoms with van der Waals surface area (Å²) in [5, 5.41) is 8.83. The first-order valence-electron chi connectivity index (χ1n) is 6.06. The molecule has 0 fully saturated rings. The van der Waals surface area contributed by atoms with Gasteiger partial charge in [0.05, 0.1) is 5.56 Å². The summed E-state index contributed by atoms with van der Waals surface area (Å²) >= 11 is 0. The van der Waals surface area contributed by atoms with Crippen molar-refractivity contribution < 1.29 is 27.1 Å². The Kier molecular flexibility index (Phi) is 4.53. The first-order valence-corrected chi connectivity index (χ1v) is 7.55. The molecule has 0 radical (unpaired) electrons. The van der Waals surface area contributed by atoms with Crippen molar-refractivity contribution in [2.75, 3.05) is 0 Å². The van der Waals surface area contributed by atoms with E-state index in [1.54, 1.807) is 0 Å². The lowest BCUT2D eigenvalue weighted by Crippen LogP contribution is -2.24. The smallest absolute Gasteiger partial charge is 0.335 e. The van der Waals surface area contributed by atoms with Gasteiger partial charge in [-0.05, 0) is 35.9 Å². The molecule has 0 aromatic heterocycles. The van der Waals surface area contributed by atoms with E-state index in [0.717, 1.165) is 30.3 Å². The third-order valence-electron chi connectivity index (χ3n) is 2.85. The highest BCUT2D eigenvalue weighted by Gasteiger charge is 2.20. The van der Waals surface area contributed by atoms with Gasteiger partial charge in [-0.3, -0.25) is 0 Å². The Balaban J connectivity index is 2.25. The van der Waals surface area contributed by atoms with Gasteiger partial charge < -0.3 is 5.11 Å². The Labute approximate surface area is 125 Å². The van der Waals surface area contributed by atoms with Crippen molar-refractivity contribution >= 4 is 16.0 Å². The molecule has 0 aliphatic carbocycles. The van der Waals surface area contributed by atoms with Gasteiger partial charge in [-0.2, -0.15) is 0 Å². The maximum Gasteiger partial charge on any atom is 0.335 e. The fourth-order valence-electron chi connectivity index (χ4n) is 1.70. The highest BCUT2D eigenvalue weighted by molar-refractivity contribution is 7.89. The largest absolute Gasteiger partial charge is 0.478 e. The van der Waals surface area contributed by atoms with Crippen LogP contribution in [0.2, 0.25) is 0 Å². The Morgan fingerprint density at radius 2 is 1.73 bits per heavy atom. The van der Waals surface area contributed by atoms with Crippen molar-refractivity contribution in [3.63, 3.8) is 0 Å². The fourth-order valence-corrected chi connectivity index (χ4v) is 2.82. The lowest BCUT2D eigenvalue weighted by Gasteiger charge is -2.08. The van der Waals surface area contributed by atoms with Crippen molar-refractivity contribution in [3.05, 3.63) is 65.2 Å². The Morgan fingerprint density at radius 3 is 2.32 bits per heavy atom. The van der Waals surface area contributed by atoms with Gasteiger partial charge in [-0.25, -0.2) is 26.7 Å². The molecular weight excluding hydrogens is 316 g/mol. The number of aromatic carboxylic acids is 1. The summed E-state index contributed by atoms with van der Waals surface area (Å²) in [5.41, 5.74) is 0.128. The molecule has 0 spiro atoms. The molecule has 116 valence electrons. The molecule has 5 nitrogen and oxygen atoms in total. The minimum atomic E-state index is -4.24. The highest BCUT2D eigenvalue weighted by atomic mass is 32.2. The number of carboxylic acid groups (broad SMARTS) is 1. The van der Waals surface area contributed by atoms with Crippen LogP contribution < -0.4 is 4.72 Å². The maximum absolute atomic E-state index is 13.6. The summed E-state index contributed by atoms with van der Waals surface area (Å²) in [7, 11) is -4.24. The number of carboxylic acids is 1. The summed E-state index contributed by atoms with van der Waals surface area (Å²) in [6, 6.07) is 7.56. The zero-order valence-electron chi connectivity index (χ0n) is 11.1. The van der Waals surface area contributed by atoms with Gasteiger partial charge in [0.2, 0.25) is 10.0 Å². The van der Waals surface area contributed by atoms with Crippen LogP contribution in [0.5, 0.6) is 0 Å². The van der Waals surface area contributed by atoms with Crippen LogP contribution in [0.25, 0.3) is 0 Å². The fraction of sp³-hybridized carbons (Fsp3) is 0.0714. The van der Waals surface area contributed by atoms with Gasteiger partial charge in [0.25, 0.3) is 0 Å². The highest BCUT2D eigenvalue weighted by Crippen LogP contribution is 2.17. The standard InChI is InChI=1S/C14H11F2NO4S/c15-11-4-1-9(2-5-11)8-17-22(20,21)13-7-10(14(18)19)3-6-12(13)16/h1-7,17H,8H2,(H,18,19). The summed E-state index contributed by atoms with van der Waals surface area (Å²) < 4.78 is 52.6. The maximum atomic E-state index is 13.6. The van der Waals surface area contributed by atoms with Crippen LogP contribution >= 0.6 is 0 Å². The van der Waals surface area contributed by atoms with Crippen molar-refractivity contribution in [2.24, 2.45) is 0 Å². The average molecular weight is 327 g/mol. The Bertz CT molecular complexity index is 804. The number of benzene rings is 2. The van der Waals surface area contributed by atoms with E-state index in [0.29, 0.717) is 5.56 Å². The van der Waals surface area contributed by atoms with E-state index >= 15 is 0 Å². The summed E-state index contributed by atoms with van der Waals surface area (Å²) in [5.74, 6) is -2.89. The molecular formula is C14H11F2NO4S. The molecule has 0 saturated heterocycles. The predicted molar refractivity (Wildman–Crippen MR) is 73.8 cm³/mol. The van der Waals surface area contributed by atoms with Crippen molar-refractivity contribution in [1.82, 2.24) is 4.72 Å². The topological polar surface area (TPSA) is 83.5 Å². The molecule has 2 aromatic rings. The van der Waals surface area contributed by atoms with E-state index in [4.69, 9.17) is 5.11 Å². The molecule has 0 unspecified atom stereocenters. The number of hydrogen-bond donors (Lipinski definition) is 2. The second-order valence-electron chi connectivity index (χ2n) is 4.40. The first-order chi connectivity index (χ1) is 10.3. The lowest BCUT2D eigenvalue weighted by atomic mass is 10.2. The minimum Gasteiger partial charge on any atom is -0.478 e. The van der Waals surface area contributed by atoms with Gasteiger partial charge in [0, 0.05) is 6.54 Å². The second kappa shape index (κ2) is 6.20. The van der Waals surface area contributed by atoms with Crippen LogP contribution in [0, 0.1) is 11.6 Å². The molecule has 8 heteroatoms. The van der Waals surface area contributed by atoms with E-state index < -0.39 is 32.5 Å². The van der Waals surface area contributed by atoms with Crippen LogP contribution in [-0.4, -0.2) is 19.5 Å². The van der Waals surface area contributed by atoms with Gasteiger partial charge in [-0.1, -0.05) is 12.1 Å². The molecule has 0 heterocycles.